The maximum absolute atomic E-state index is 8.43. The molecule has 0 atom stereocenters. The highest BCUT2D eigenvalue weighted by molar-refractivity contribution is 6.46. The molecule has 0 saturated heterocycles. The second-order valence-corrected chi connectivity index (χ2v) is 2.72. The summed E-state index contributed by atoms with van der Waals surface area (Å²) in [5.74, 6) is 0. The smallest absolute Gasteiger partial charge is 0.296 e. The van der Waals surface area contributed by atoms with Gasteiger partial charge in [0.1, 0.15) is 0 Å². The predicted octanol–water partition coefficient (Wildman–Crippen LogP) is -0.164. The summed E-state index contributed by atoms with van der Waals surface area (Å²) in [7, 11) is -1.39. The van der Waals surface area contributed by atoms with Crippen molar-refractivity contribution in [3.63, 3.8) is 0 Å². The molecule has 3 N–H and O–H groups in total. The van der Waals surface area contributed by atoms with E-state index in [9.17, 15) is 0 Å². The Bertz CT molecular complexity index is 32.0. The van der Waals surface area contributed by atoms with Gasteiger partial charge in [0, 0.05) is 0 Å². The van der Waals surface area contributed by atoms with Crippen molar-refractivity contribution in [2.24, 2.45) is 5.40 Å². The van der Waals surface area contributed by atoms with Crippen molar-refractivity contribution in [3.05, 3.63) is 0 Å². The van der Waals surface area contributed by atoms with Gasteiger partial charge in [0.05, 0.1) is 0 Å². The third-order valence-corrected chi connectivity index (χ3v) is 1.52. The van der Waals surface area contributed by atoms with Crippen LogP contribution >= 0.6 is 0 Å². The van der Waals surface area contributed by atoms with E-state index < -0.39 is 9.20 Å². The van der Waals surface area contributed by atoms with E-state index in [2.05, 4.69) is 0 Å². The molecule has 0 heterocycles. The van der Waals surface area contributed by atoms with Gasteiger partial charge in [-0.3, -0.25) is 0 Å². The van der Waals surface area contributed by atoms with Crippen LogP contribution in [0, 0.1) is 0 Å². The first-order chi connectivity index (χ1) is 2.77. The van der Waals surface area contributed by atoms with Crippen molar-refractivity contribution in [2.45, 2.75) is 19.4 Å². The van der Waals surface area contributed by atoms with Gasteiger partial charge in [-0.15, -0.1) is 0 Å². The monoisotopic (exact) mass is 104 g/mol. The summed E-state index contributed by atoms with van der Waals surface area (Å²) in [4.78, 5) is 8.43. The minimum atomic E-state index is -1.39. The molecule has 0 unspecified atom stereocenters. The summed E-state index contributed by atoms with van der Waals surface area (Å²) in [5.41, 5.74) is 0. The molecule has 37 valence electrons. The Morgan fingerprint density at radius 1 is 1.83 bits per heavy atom. The van der Waals surface area contributed by atoms with Crippen molar-refractivity contribution in [1.29, 1.82) is 0 Å². The van der Waals surface area contributed by atoms with E-state index in [1.165, 1.54) is 0 Å². The molecule has 1 radical (unpaired) electrons. The average molecular weight is 104 g/mol. The molecule has 0 aliphatic heterocycles. The van der Waals surface area contributed by atoms with Crippen molar-refractivity contribution in [3.8, 4) is 0 Å². The SMILES string of the molecule is CCC[Si](N)O. The number of hydrogen-bond donors (Lipinski definition) is 2. The zero-order valence-corrected chi connectivity index (χ0v) is 4.94. The van der Waals surface area contributed by atoms with Crippen LogP contribution in [0.5, 0.6) is 0 Å². The van der Waals surface area contributed by atoms with Gasteiger partial charge < -0.3 is 10.2 Å². The highest BCUT2D eigenvalue weighted by atomic mass is 28.3. The van der Waals surface area contributed by atoms with Crippen LogP contribution in [0.25, 0.3) is 0 Å². The molecule has 0 spiro atoms. The first-order valence-corrected chi connectivity index (χ1v) is 3.80. The van der Waals surface area contributed by atoms with E-state index in [1.54, 1.807) is 0 Å². The van der Waals surface area contributed by atoms with Crippen molar-refractivity contribution in [1.82, 2.24) is 0 Å². The molecule has 0 aromatic carbocycles. The fourth-order valence-corrected chi connectivity index (χ4v) is 0.768. The number of nitrogens with two attached hydrogens (primary N) is 1. The summed E-state index contributed by atoms with van der Waals surface area (Å²) in [6.07, 6.45) is 1.00. The Kier molecular flexibility index (Phi) is 3.41. The molecule has 0 aromatic rings. The van der Waals surface area contributed by atoms with Gasteiger partial charge in [-0.25, -0.2) is 0 Å². The van der Waals surface area contributed by atoms with Crippen LogP contribution in [0.15, 0.2) is 0 Å². The zero-order valence-electron chi connectivity index (χ0n) is 3.94. The van der Waals surface area contributed by atoms with E-state index in [0.717, 1.165) is 12.5 Å². The van der Waals surface area contributed by atoms with Crippen LogP contribution in [0.4, 0.5) is 0 Å². The van der Waals surface area contributed by atoms with Gasteiger partial charge in [0.25, 0.3) is 9.20 Å². The fourth-order valence-electron chi connectivity index (χ4n) is 0.256. The molecule has 0 aliphatic carbocycles. The topological polar surface area (TPSA) is 46.2 Å². The third-order valence-electron chi connectivity index (χ3n) is 0.506. The van der Waals surface area contributed by atoms with Crippen molar-refractivity contribution >= 4 is 9.20 Å². The molecule has 0 saturated carbocycles. The molecule has 0 amide bonds. The minimum Gasteiger partial charge on any atom is -0.419 e. The molecule has 0 aliphatic rings. The van der Waals surface area contributed by atoms with Crippen LogP contribution in [0.3, 0.4) is 0 Å². The third kappa shape index (κ3) is 4.14. The summed E-state index contributed by atoms with van der Waals surface area (Å²) >= 11 is 0. The van der Waals surface area contributed by atoms with Crippen LogP contribution < -0.4 is 5.40 Å². The van der Waals surface area contributed by atoms with Crippen LogP contribution in [-0.2, 0) is 0 Å². The predicted molar refractivity (Wildman–Crippen MR) is 27.3 cm³/mol. The normalized spacial score (nSPS) is 10.0. The lowest BCUT2D eigenvalue weighted by Crippen LogP contribution is -2.23. The van der Waals surface area contributed by atoms with E-state index in [0.29, 0.717) is 0 Å². The van der Waals surface area contributed by atoms with E-state index in [-0.39, 0.29) is 0 Å². The quantitative estimate of drug-likeness (QED) is 0.478. The number of hydrogen-bond acceptors (Lipinski definition) is 2. The lowest BCUT2D eigenvalue weighted by atomic mass is 10.6. The lowest BCUT2D eigenvalue weighted by molar-refractivity contribution is 0.568. The molecule has 3 heteroatoms. The Labute approximate surface area is 39.8 Å². The second kappa shape index (κ2) is 3.33. The van der Waals surface area contributed by atoms with Gasteiger partial charge in [-0.1, -0.05) is 13.3 Å². The van der Waals surface area contributed by atoms with Crippen molar-refractivity contribution < 1.29 is 4.80 Å². The molecular weight excluding hydrogens is 94.1 g/mol. The maximum atomic E-state index is 8.43. The largest absolute Gasteiger partial charge is 0.419 e. The van der Waals surface area contributed by atoms with Gasteiger partial charge in [0.15, 0.2) is 0 Å². The molecule has 0 aromatic heterocycles. The molecule has 0 fully saturated rings. The number of rotatable bonds is 2. The standard InChI is InChI=1S/C3H10NOSi/c1-2-3-6(4)5/h5H,2-4H2,1H3. The Hall–Kier alpha value is 0.137. The second-order valence-electron chi connectivity index (χ2n) is 1.24. The van der Waals surface area contributed by atoms with Gasteiger partial charge >= 0.3 is 0 Å². The van der Waals surface area contributed by atoms with Crippen molar-refractivity contribution in [2.75, 3.05) is 0 Å². The Balaban J connectivity index is 2.63. The molecular formula is C3H10NOSi. The Morgan fingerprint density at radius 3 is 2.33 bits per heavy atom. The zero-order chi connectivity index (χ0) is 4.99. The molecule has 6 heavy (non-hydrogen) atoms. The Morgan fingerprint density at radius 2 is 2.33 bits per heavy atom. The first kappa shape index (κ1) is 6.14. The minimum absolute atomic E-state index is 0.810. The molecule has 2 nitrogen and oxygen atoms in total. The average Bonchev–Trinajstić information content (AvgIpc) is 1.35. The maximum Gasteiger partial charge on any atom is 0.296 e. The van der Waals surface area contributed by atoms with E-state index in [4.69, 9.17) is 10.2 Å². The van der Waals surface area contributed by atoms with Crippen LogP contribution in [-0.4, -0.2) is 14.0 Å². The summed E-state index contributed by atoms with van der Waals surface area (Å²) in [6.45, 7) is 2.01. The summed E-state index contributed by atoms with van der Waals surface area (Å²) in [5, 5.41) is 5.06. The van der Waals surface area contributed by atoms with Crippen LogP contribution in [0.2, 0.25) is 6.04 Å². The highest BCUT2D eigenvalue weighted by Crippen LogP contribution is 1.84. The molecule has 0 rings (SSSR count). The lowest BCUT2D eigenvalue weighted by Gasteiger charge is -1.90. The summed E-state index contributed by atoms with van der Waals surface area (Å²) in [6, 6.07) is 0.810. The molecule has 0 bridgehead atoms. The van der Waals surface area contributed by atoms with Gasteiger partial charge in [-0.2, -0.15) is 0 Å². The van der Waals surface area contributed by atoms with Gasteiger partial charge in [0.2, 0.25) is 0 Å². The van der Waals surface area contributed by atoms with Crippen LogP contribution in [0.1, 0.15) is 13.3 Å². The van der Waals surface area contributed by atoms with Gasteiger partial charge in [-0.05, 0) is 6.04 Å². The van der Waals surface area contributed by atoms with E-state index >= 15 is 0 Å². The van der Waals surface area contributed by atoms with E-state index in [1.807, 2.05) is 6.92 Å². The summed E-state index contributed by atoms with van der Waals surface area (Å²) < 4.78 is 0. The highest BCUT2D eigenvalue weighted by Gasteiger charge is 1.94. The fraction of sp³-hybridized carbons (Fsp3) is 1.00. The first-order valence-electron chi connectivity index (χ1n) is 2.07.